The summed E-state index contributed by atoms with van der Waals surface area (Å²) in [4.78, 5) is 24.2. The first-order chi connectivity index (χ1) is 11.1. The third-order valence-corrected chi connectivity index (χ3v) is 5.08. The first kappa shape index (κ1) is 14.0. The Hall–Kier alpha value is -2.62. The average Bonchev–Trinajstić information content (AvgIpc) is 3.16. The van der Waals surface area contributed by atoms with Gasteiger partial charge in [-0.05, 0) is 29.7 Å². The molecule has 2 aromatic rings. The molecule has 1 amide bonds. The van der Waals surface area contributed by atoms with Crippen molar-refractivity contribution in [3.8, 4) is 0 Å². The number of carboxylic acids is 1. The van der Waals surface area contributed by atoms with E-state index in [0.29, 0.717) is 0 Å². The number of carbonyl (C=O) groups is 2. The van der Waals surface area contributed by atoms with Crippen LogP contribution in [0.2, 0.25) is 0 Å². The van der Waals surface area contributed by atoms with Crippen molar-refractivity contribution in [3.05, 3.63) is 54.6 Å². The van der Waals surface area contributed by atoms with Crippen molar-refractivity contribution in [1.82, 2.24) is 0 Å². The average molecular weight is 306 g/mol. The molecule has 0 spiro atoms. The number of hydrogen-bond donors (Lipinski definition) is 1. The largest absolute Gasteiger partial charge is 0.550 e. The van der Waals surface area contributed by atoms with Crippen LogP contribution in [0.1, 0.15) is 6.42 Å². The van der Waals surface area contributed by atoms with E-state index in [-0.39, 0.29) is 17.7 Å². The zero-order valence-corrected chi connectivity index (χ0v) is 12.4. The molecule has 0 aliphatic heterocycles. The van der Waals surface area contributed by atoms with E-state index in [1.54, 1.807) is 0 Å². The molecule has 0 saturated heterocycles. The number of allylic oxidation sites excluding steroid dienone is 2. The van der Waals surface area contributed by atoms with Crippen LogP contribution in [0.25, 0.3) is 10.8 Å². The number of carbonyl (C=O) groups excluding carboxylic acids is 2. The lowest BCUT2D eigenvalue weighted by atomic mass is 9.82. The number of rotatable bonds is 3. The van der Waals surface area contributed by atoms with Crippen molar-refractivity contribution in [2.75, 3.05) is 5.32 Å². The molecule has 0 heterocycles. The smallest absolute Gasteiger partial charge is 0.228 e. The summed E-state index contributed by atoms with van der Waals surface area (Å²) >= 11 is 0. The quantitative estimate of drug-likeness (QED) is 0.881. The summed E-state index contributed by atoms with van der Waals surface area (Å²) in [6.45, 7) is 0. The number of nitrogens with one attached hydrogen (secondary N) is 1. The summed E-state index contributed by atoms with van der Waals surface area (Å²) in [5.74, 6) is -2.70. The Bertz CT molecular complexity index is 821. The van der Waals surface area contributed by atoms with Crippen molar-refractivity contribution < 1.29 is 14.7 Å². The van der Waals surface area contributed by atoms with Gasteiger partial charge in [0.2, 0.25) is 5.91 Å². The molecule has 2 aliphatic carbocycles. The summed E-state index contributed by atoms with van der Waals surface area (Å²) in [5.41, 5.74) is 0.719. The number of carboxylic acid groups (broad SMARTS) is 1. The molecule has 2 bridgehead atoms. The predicted octanol–water partition coefficient (Wildman–Crippen LogP) is 1.97. The van der Waals surface area contributed by atoms with Crippen LogP contribution in [0, 0.1) is 23.7 Å². The first-order valence-electron chi connectivity index (χ1n) is 7.83. The van der Waals surface area contributed by atoms with Crippen LogP contribution in [0.15, 0.2) is 54.6 Å². The Morgan fingerprint density at radius 1 is 0.957 bits per heavy atom. The molecule has 1 saturated carbocycles. The van der Waals surface area contributed by atoms with Gasteiger partial charge in [0.05, 0.1) is 5.92 Å². The van der Waals surface area contributed by atoms with Crippen molar-refractivity contribution >= 4 is 28.3 Å². The minimum absolute atomic E-state index is 0.00197. The van der Waals surface area contributed by atoms with E-state index in [1.807, 2.05) is 54.6 Å². The third kappa shape index (κ3) is 2.22. The van der Waals surface area contributed by atoms with Crippen molar-refractivity contribution in [3.63, 3.8) is 0 Å². The molecule has 1 fully saturated rings. The van der Waals surface area contributed by atoms with Gasteiger partial charge >= 0.3 is 0 Å². The predicted molar refractivity (Wildman–Crippen MR) is 85.3 cm³/mol. The topological polar surface area (TPSA) is 69.2 Å². The van der Waals surface area contributed by atoms with E-state index in [9.17, 15) is 14.7 Å². The monoisotopic (exact) mass is 306 g/mol. The molecule has 0 unspecified atom stereocenters. The second kappa shape index (κ2) is 5.23. The summed E-state index contributed by atoms with van der Waals surface area (Å²) in [5, 5.41) is 16.4. The summed E-state index contributed by atoms with van der Waals surface area (Å²) in [7, 11) is 0. The fourth-order valence-electron chi connectivity index (χ4n) is 4.05. The Balaban J connectivity index is 1.65. The summed E-state index contributed by atoms with van der Waals surface area (Å²) in [6, 6.07) is 13.5. The lowest BCUT2D eigenvalue weighted by molar-refractivity contribution is -0.313. The molecular formula is C19H16NO3-. The van der Waals surface area contributed by atoms with Crippen LogP contribution >= 0.6 is 0 Å². The molecule has 116 valence electrons. The molecule has 0 radical (unpaired) electrons. The summed E-state index contributed by atoms with van der Waals surface area (Å²) in [6.07, 6.45) is 4.61. The van der Waals surface area contributed by atoms with E-state index in [0.717, 1.165) is 22.9 Å². The second-order valence-electron chi connectivity index (χ2n) is 6.33. The highest BCUT2D eigenvalue weighted by Gasteiger charge is 2.48. The molecule has 4 atom stereocenters. The van der Waals surface area contributed by atoms with Gasteiger partial charge in [0.25, 0.3) is 0 Å². The highest BCUT2D eigenvalue weighted by atomic mass is 16.4. The van der Waals surface area contributed by atoms with Crippen LogP contribution in [0.3, 0.4) is 0 Å². The second-order valence-corrected chi connectivity index (χ2v) is 6.33. The molecule has 4 nitrogen and oxygen atoms in total. The maximum atomic E-state index is 12.7. The molecule has 4 heteroatoms. The van der Waals surface area contributed by atoms with Gasteiger partial charge < -0.3 is 15.2 Å². The van der Waals surface area contributed by atoms with Gasteiger partial charge in [-0.1, -0.05) is 48.6 Å². The van der Waals surface area contributed by atoms with Gasteiger partial charge in [0.15, 0.2) is 0 Å². The van der Waals surface area contributed by atoms with Crippen molar-refractivity contribution in [2.45, 2.75) is 6.42 Å². The maximum absolute atomic E-state index is 12.7. The van der Waals surface area contributed by atoms with E-state index < -0.39 is 17.8 Å². The summed E-state index contributed by atoms with van der Waals surface area (Å²) < 4.78 is 0. The fourth-order valence-corrected chi connectivity index (χ4v) is 4.05. The van der Waals surface area contributed by atoms with Gasteiger partial charge in [-0.15, -0.1) is 0 Å². The lowest BCUT2D eigenvalue weighted by Crippen LogP contribution is -2.42. The van der Waals surface area contributed by atoms with Crippen molar-refractivity contribution in [2.24, 2.45) is 23.7 Å². The lowest BCUT2D eigenvalue weighted by Gasteiger charge is -2.28. The molecule has 23 heavy (non-hydrogen) atoms. The third-order valence-electron chi connectivity index (χ3n) is 5.08. The normalized spacial score (nSPS) is 28.2. The Morgan fingerprint density at radius 3 is 2.43 bits per heavy atom. The highest BCUT2D eigenvalue weighted by molar-refractivity contribution is 6.04. The van der Waals surface area contributed by atoms with Crippen LogP contribution in [0.5, 0.6) is 0 Å². The molecule has 0 aromatic heterocycles. The van der Waals surface area contributed by atoms with Crippen molar-refractivity contribution in [1.29, 1.82) is 0 Å². The van der Waals surface area contributed by atoms with Crippen LogP contribution < -0.4 is 10.4 Å². The molecule has 2 aliphatic rings. The Kier molecular flexibility index (Phi) is 3.18. The number of benzene rings is 2. The van der Waals surface area contributed by atoms with Gasteiger partial charge in [0.1, 0.15) is 0 Å². The number of hydrogen-bond acceptors (Lipinski definition) is 3. The molecule has 4 rings (SSSR count). The highest BCUT2D eigenvalue weighted by Crippen LogP contribution is 2.48. The molecule has 1 N–H and O–H groups in total. The number of aliphatic carboxylic acids is 1. The SMILES string of the molecule is O=C([O-])[C@@H]1[C@H](C(=O)Nc2cccc3ccccc23)[C@@H]2C=C[C@H]1C2. The number of anilines is 1. The Morgan fingerprint density at radius 2 is 1.65 bits per heavy atom. The van der Waals surface area contributed by atoms with Gasteiger partial charge in [0, 0.05) is 23.0 Å². The maximum Gasteiger partial charge on any atom is 0.228 e. The van der Waals surface area contributed by atoms with Gasteiger partial charge in [-0.3, -0.25) is 4.79 Å². The molecular weight excluding hydrogens is 290 g/mol. The minimum Gasteiger partial charge on any atom is -0.550 e. The minimum atomic E-state index is -1.13. The van der Waals surface area contributed by atoms with Crippen LogP contribution in [-0.2, 0) is 9.59 Å². The zero-order chi connectivity index (χ0) is 16.0. The van der Waals surface area contributed by atoms with Gasteiger partial charge in [-0.2, -0.15) is 0 Å². The van der Waals surface area contributed by atoms with Crippen LogP contribution in [-0.4, -0.2) is 11.9 Å². The fraction of sp³-hybridized carbons (Fsp3) is 0.263. The van der Waals surface area contributed by atoms with E-state index in [2.05, 4.69) is 5.32 Å². The zero-order valence-electron chi connectivity index (χ0n) is 12.4. The van der Waals surface area contributed by atoms with Crippen LogP contribution in [0.4, 0.5) is 5.69 Å². The van der Waals surface area contributed by atoms with E-state index in [1.165, 1.54) is 0 Å². The van der Waals surface area contributed by atoms with E-state index in [4.69, 9.17) is 0 Å². The standard InChI is InChI=1S/C19H17NO3/c21-18(16-12-8-9-13(10-12)17(16)19(22)23)20-15-7-3-5-11-4-1-2-6-14(11)15/h1-9,12-13,16-17H,10H2,(H,20,21)(H,22,23)/p-1/t12-,13+,16-,17+/m1/s1. The number of fused-ring (bicyclic) bond motifs is 3. The first-order valence-corrected chi connectivity index (χ1v) is 7.83. The Labute approximate surface area is 133 Å². The number of amides is 1. The van der Waals surface area contributed by atoms with Gasteiger partial charge in [-0.25, -0.2) is 0 Å². The van der Waals surface area contributed by atoms with E-state index >= 15 is 0 Å². The molecule has 2 aromatic carbocycles.